The van der Waals surface area contributed by atoms with Gasteiger partial charge in [-0.2, -0.15) is 0 Å². The Morgan fingerprint density at radius 2 is 2.44 bits per heavy atom. The van der Waals surface area contributed by atoms with Gasteiger partial charge in [-0.3, -0.25) is 9.78 Å². The van der Waals surface area contributed by atoms with E-state index >= 15 is 0 Å². The maximum atomic E-state index is 11.6. The maximum Gasteiger partial charge on any atom is 0.196 e. The predicted molar refractivity (Wildman–Crippen MR) is 62.9 cm³/mol. The van der Waals surface area contributed by atoms with E-state index in [2.05, 4.69) is 20.6 Å². The van der Waals surface area contributed by atoms with Crippen LogP contribution in [0.15, 0.2) is 18.6 Å². The number of hydrogen-bond donors (Lipinski definition) is 2. The summed E-state index contributed by atoms with van der Waals surface area (Å²) in [5.74, 6) is -0.00463. The van der Waals surface area contributed by atoms with E-state index in [9.17, 15) is 4.79 Å². The van der Waals surface area contributed by atoms with Gasteiger partial charge < -0.3 is 10.6 Å². The fraction of sp³-hybridized carbons (Fsp3) is 0.500. The molecule has 2 N–H and O–H groups in total. The fourth-order valence-electron chi connectivity index (χ4n) is 1.60. The number of carbonyl (C=O) groups excluding carboxylic acids is 1. The molecule has 0 aliphatic carbocycles. The van der Waals surface area contributed by atoms with Gasteiger partial charge in [-0.15, -0.1) is 12.4 Å². The number of Topliss-reactive ketones (excluding diaryl/α,β-unsaturated/α-hetero) is 1. The highest BCUT2D eigenvalue weighted by Crippen LogP contribution is 1.97. The molecular weight excluding hydrogens is 228 g/mol. The minimum Gasteiger partial charge on any atom is -0.315 e. The molecule has 1 fully saturated rings. The van der Waals surface area contributed by atoms with Crippen molar-refractivity contribution in [3.8, 4) is 0 Å². The van der Waals surface area contributed by atoms with Crippen LogP contribution in [0.25, 0.3) is 0 Å². The second kappa shape index (κ2) is 6.52. The quantitative estimate of drug-likeness (QED) is 0.730. The number of carbonyl (C=O) groups is 1. The number of nitrogens with zero attached hydrogens (tertiary/aromatic N) is 2. The first-order valence-electron chi connectivity index (χ1n) is 5.09. The lowest BCUT2D eigenvalue weighted by Gasteiger charge is -2.09. The zero-order valence-corrected chi connectivity index (χ0v) is 9.67. The summed E-state index contributed by atoms with van der Waals surface area (Å²) < 4.78 is 0. The van der Waals surface area contributed by atoms with Crippen LogP contribution in [0.1, 0.15) is 16.9 Å². The number of aromatic nitrogens is 2. The van der Waals surface area contributed by atoms with Gasteiger partial charge in [-0.05, 0) is 13.0 Å². The van der Waals surface area contributed by atoms with E-state index in [1.807, 2.05) is 0 Å². The molecule has 1 aromatic heterocycles. The van der Waals surface area contributed by atoms with Gasteiger partial charge in [-0.1, -0.05) is 0 Å². The number of halogens is 1. The summed E-state index contributed by atoms with van der Waals surface area (Å²) in [7, 11) is 0. The molecule has 6 heteroatoms. The standard InChI is InChI=1S/C10H14N4O.ClH/c15-10(9-6-12-3-4-13-9)7-14-8-1-2-11-5-8;/h3-4,6,8,11,14H,1-2,5,7H2;1H. The molecule has 1 saturated heterocycles. The molecule has 16 heavy (non-hydrogen) atoms. The minimum atomic E-state index is -0.00463. The molecule has 1 unspecified atom stereocenters. The average Bonchev–Trinajstić information content (AvgIpc) is 2.80. The van der Waals surface area contributed by atoms with Crippen LogP contribution in [0.5, 0.6) is 0 Å². The normalized spacial score (nSPS) is 19.1. The Kier molecular flexibility index (Phi) is 5.31. The highest BCUT2D eigenvalue weighted by atomic mass is 35.5. The van der Waals surface area contributed by atoms with E-state index in [4.69, 9.17) is 0 Å². The van der Waals surface area contributed by atoms with Crippen LogP contribution >= 0.6 is 12.4 Å². The number of nitrogens with one attached hydrogen (secondary N) is 2. The van der Waals surface area contributed by atoms with E-state index in [1.54, 1.807) is 6.20 Å². The molecule has 2 rings (SSSR count). The van der Waals surface area contributed by atoms with Gasteiger partial charge in [0.2, 0.25) is 0 Å². The largest absolute Gasteiger partial charge is 0.315 e. The van der Waals surface area contributed by atoms with Crippen molar-refractivity contribution < 1.29 is 4.79 Å². The van der Waals surface area contributed by atoms with Crippen LogP contribution in [0.3, 0.4) is 0 Å². The molecule has 5 nitrogen and oxygen atoms in total. The Balaban J connectivity index is 0.00000128. The van der Waals surface area contributed by atoms with Crippen molar-refractivity contribution in [2.45, 2.75) is 12.5 Å². The Bertz CT molecular complexity index is 327. The molecule has 0 radical (unpaired) electrons. The molecular formula is C10H15ClN4O. The van der Waals surface area contributed by atoms with Gasteiger partial charge in [-0.25, -0.2) is 4.98 Å². The first-order valence-corrected chi connectivity index (χ1v) is 5.09. The van der Waals surface area contributed by atoms with E-state index in [0.29, 0.717) is 18.3 Å². The van der Waals surface area contributed by atoms with Crippen LogP contribution in [0.4, 0.5) is 0 Å². The molecule has 0 aromatic carbocycles. The molecule has 88 valence electrons. The highest BCUT2D eigenvalue weighted by Gasteiger charge is 2.15. The Labute approximate surface area is 100 Å². The summed E-state index contributed by atoms with van der Waals surface area (Å²) in [6, 6.07) is 0.408. The lowest BCUT2D eigenvalue weighted by molar-refractivity contribution is 0.0983. The summed E-state index contributed by atoms with van der Waals surface area (Å²) >= 11 is 0. The van der Waals surface area contributed by atoms with Gasteiger partial charge >= 0.3 is 0 Å². The van der Waals surface area contributed by atoms with E-state index < -0.39 is 0 Å². The van der Waals surface area contributed by atoms with Gasteiger partial charge in [0.1, 0.15) is 5.69 Å². The van der Waals surface area contributed by atoms with Gasteiger partial charge in [0.15, 0.2) is 5.78 Å². The average molecular weight is 243 g/mol. The first kappa shape index (κ1) is 13.0. The molecule has 1 aliphatic rings. The lowest BCUT2D eigenvalue weighted by atomic mass is 10.2. The minimum absolute atomic E-state index is 0. The van der Waals surface area contributed by atoms with Crippen molar-refractivity contribution in [1.29, 1.82) is 0 Å². The Hall–Kier alpha value is -1.04. The van der Waals surface area contributed by atoms with Crippen LogP contribution in [-0.2, 0) is 0 Å². The van der Waals surface area contributed by atoms with Crippen LogP contribution < -0.4 is 10.6 Å². The topological polar surface area (TPSA) is 66.9 Å². The van der Waals surface area contributed by atoms with Gasteiger partial charge in [0, 0.05) is 25.0 Å². The number of hydrogen-bond acceptors (Lipinski definition) is 5. The van der Waals surface area contributed by atoms with Crippen molar-refractivity contribution in [2.75, 3.05) is 19.6 Å². The summed E-state index contributed by atoms with van der Waals surface area (Å²) in [6.07, 6.45) is 5.67. The summed E-state index contributed by atoms with van der Waals surface area (Å²) in [4.78, 5) is 19.4. The summed E-state index contributed by atoms with van der Waals surface area (Å²) in [6.45, 7) is 2.30. The molecule has 1 aromatic rings. The van der Waals surface area contributed by atoms with Crippen LogP contribution in [0.2, 0.25) is 0 Å². The van der Waals surface area contributed by atoms with Crippen LogP contribution in [0, 0.1) is 0 Å². The predicted octanol–water partition coefficient (Wildman–Crippen LogP) is 0.0326. The highest BCUT2D eigenvalue weighted by molar-refractivity contribution is 5.95. The monoisotopic (exact) mass is 242 g/mol. The van der Waals surface area contributed by atoms with Crippen molar-refractivity contribution in [3.63, 3.8) is 0 Å². The number of rotatable bonds is 4. The SMILES string of the molecule is Cl.O=C(CNC1CCNC1)c1cnccn1. The van der Waals surface area contributed by atoms with E-state index in [-0.39, 0.29) is 18.2 Å². The molecule has 1 aliphatic heterocycles. The van der Waals surface area contributed by atoms with Crippen molar-refractivity contribution in [2.24, 2.45) is 0 Å². The third-order valence-corrected chi connectivity index (χ3v) is 2.46. The fourth-order valence-corrected chi connectivity index (χ4v) is 1.60. The molecule has 0 spiro atoms. The van der Waals surface area contributed by atoms with E-state index in [1.165, 1.54) is 12.4 Å². The zero-order chi connectivity index (χ0) is 10.5. The van der Waals surface area contributed by atoms with Gasteiger partial charge in [0.05, 0.1) is 12.7 Å². The maximum absolute atomic E-state index is 11.6. The Morgan fingerprint density at radius 1 is 1.56 bits per heavy atom. The Morgan fingerprint density at radius 3 is 3.06 bits per heavy atom. The molecule has 2 heterocycles. The molecule has 0 saturated carbocycles. The summed E-state index contributed by atoms with van der Waals surface area (Å²) in [5.41, 5.74) is 0.427. The molecule has 0 bridgehead atoms. The van der Waals surface area contributed by atoms with Crippen LogP contribution in [-0.4, -0.2) is 41.4 Å². The van der Waals surface area contributed by atoms with Gasteiger partial charge in [0.25, 0.3) is 0 Å². The number of ketones is 1. The van der Waals surface area contributed by atoms with Crippen molar-refractivity contribution >= 4 is 18.2 Å². The van der Waals surface area contributed by atoms with Crippen molar-refractivity contribution in [3.05, 3.63) is 24.3 Å². The molecule has 1 atom stereocenters. The lowest BCUT2D eigenvalue weighted by Crippen LogP contribution is -2.35. The molecule has 0 amide bonds. The third-order valence-electron chi connectivity index (χ3n) is 2.46. The third kappa shape index (κ3) is 3.52. The zero-order valence-electron chi connectivity index (χ0n) is 8.85. The second-order valence-corrected chi connectivity index (χ2v) is 3.58. The van der Waals surface area contributed by atoms with E-state index in [0.717, 1.165) is 19.5 Å². The first-order chi connectivity index (χ1) is 7.36. The van der Waals surface area contributed by atoms with Crippen molar-refractivity contribution in [1.82, 2.24) is 20.6 Å². The smallest absolute Gasteiger partial charge is 0.196 e. The second-order valence-electron chi connectivity index (χ2n) is 3.58. The summed E-state index contributed by atoms with van der Waals surface area (Å²) in [5, 5.41) is 6.43.